The number of benzene rings is 3. The smallest absolute Gasteiger partial charge is 0.326 e. The molecule has 0 aliphatic heterocycles. The van der Waals surface area contributed by atoms with Gasteiger partial charge in [-0.05, 0) is 34.9 Å². The van der Waals surface area contributed by atoms with E-state index in [0.717, 1.165) is 16.5 Å². The second kappa shape index (κ2) is 15.1. The molecule has 12 heteroatoms. The number of carboxylic acids is 1. The number of hydrogen-bond acceptors (Lipinski definition) is 7. The van der Waals surface area contributed by atoms with Crippen molar-refractivity contribution in [2.24, 2.45) is 5.73 Å². The SMILES string of the molecule is NC(CS)C(=O)NC(Cc1c[nH]c2ccccc12)C(=O)NC(Cc1ccc(O)cc1)C(=O)NC(Cc1ccccc1)C(=O)O. The molecule has 0 spiro atoms. The van der Waals surface area contributed by atoms with Crippen molar-refractivity contribution in [1.82, 2.24) is 20.9 Å². The Balaban J connectivity index is 1.60. The molecule has 11 nitrogen and oxygen atoms in total. The second-order valence-electron chi connectivity index (χ2n) is 10.4. The summed E-state index contributed by atoms with van der Waals surface area (Å²) in [6.07, 6.45) is 1.85. The van der Waals surface area contributed by atoms with Crippen LogP contribution in [0.1, 0.15) is 16.7 Å². The highest BCUT2D eigenvalue weighted by molar-refractivity contribution is 7.80. The standard InChI is InChI=1S/C32H35N5O6S/c33-24(18-44)29(39)35-27(16-21-17-34-25-9-5-4-8-23(21)25)31(41)36-26(14-20-10-12-22(38)13-11-20)30(40)37-28(32(42)43)15-19-6-2-1-3-7-19/h1-13,17,24,26-28,34,38,44H,14-16,18,33H2,(H,35,39)(H,36,41)(H,37,40)(H,42,43). The van der Waals surface area contributed by atoms with Crippen molar-refractivity contribution in [1.29, 1.82) is 0 Å². The van der Waals surface area contributed by atoms with Gasteiger partial charge in [-0.3, -0.25) is 14.4 Å². The number of phenolic OH excluding ortho intramolecular Hbond substituents is 1. The van der Waals surface area contributed by atoms with Gasteiger partial charge in [0.05, 0.1) is 6.04 Å². The number of hydrogen-bond donors (Lipinski definition) is 8. The zero-order valence-corrected chi connectivity index (χ0v) is 24.7. The Labute approximate surface area is 259 Å². The summed E-state index contributed by atoms with van der Waals surface area (Å²) in [5.41, 5.74) is 8.79. The summed E-state index contributed by atoms with van der Waals surface area (Å²) in [4.78, 5) is 55.4. The van der Waals surface area contributed by atoms with Crippen molar-refractivity contribution in [3.05, 3.63) is 102 Å². The number of nitrogens with two attached hydrogens (primary N) is 1. The summed E-state index contributed by atoms with van der Waals surface area (Å²) in [6, 6.07) is 17.9. The number of aromatic hydroxyl groups is 1. The van der Waals surface area contributed by atoms with Gasteiger partial charge in [-0.1, -0.05) is 60.7 Å². The first-order chi connectivity index (χ1) is 21.1. The lowest BCUT2D eigenvalue weighted by molar-refractivity contribution is -0.142. The van der Waals surface area contributed by atoms with Crippen molar-refractivity contribution in [3.63, 3.8) is 0 Å². The molecule has 0 aliphatic rings. The Hall–Kier alpha value is -4.81. The van der Waals surface area contributed by atoms with Crippen LogP contribution in [0.4, 0.5) is 0 Å². The Morgan fingerprint density at radius 1 is 0.727 bits per heavy atom. The van der Waals surface area contributed by atoms with Gasteiger partial charge in [-0.15, -0.1) is 0 Å². The molecule has 0 aliphatic carbocycles. The van der Waals surface area contributed by atoms with Gasteiger partial charge in [0.15, 0.2) is 0 Å². The molecule has 8 N–H and O–H groups in total. The quantitative estimate of drug-likeness (QED) is 0.0989. The summed E-state index contributed by atoms with van der Waals surface area (Å²) in [5.74, 6) is -3.13. The molecule has 0 radical (unpaired) electrons. The number of para-hydroxylation sites is 1. The third kappa shape index (κ3) is 8.62. The number of fused-ring (bicyclic) bond motifs is 1. The lowest BCUT2D eigenvalue weighted by atomic mass is 10.0. The molecule has 4 atom stereocenters. The van der Waals surface area contributed by atoms with E-state index in [1.54, 1.807) is 48.7 Å². The van der Waals surface area contributed by atoms with E-state index < -0.39 is 47.9 Å². The first-order valence-corrected chi connectivity index (χ1v) is 14.6. The van der Waals surface area contributed by atoms with Crippen molar-refractivity contribution in [3.8, 4) is 5.75 Å². The lowest BCUT2D eigenvalue weighted by Crippen LogP contribution is -2.58. The third-order valence-corrected chi connectivity index (χ3v) is 7.57. The van der Waals surface area contributed by atoms with E-state index >= 15 is 0 Å². The molecule has 4 unspecified atom stereocenters. The van der Waals surface area contributed by atoms with Crippen LogP contribution in [0.3, 0.4) is 0 Å². The van der Waals surface area contributed by atoms with E-state index in [1.807, 2.05) is 24.3 Å². The van der Waals surface area contributed by atoms with Crippen LogP contribution in [-0.2, 0) is 38.4 Å². The van der Waals surface area contributed by atoms with Crippen LogP contribution < -0.4 is 21.7 Å². The van der Waals surface area contributed by atoms with Gasteiger partial charge >= 0.3 is 5.97 Å². The molecule has 230 valence electrons. The maximum atomic E-state index is 13.8. The maximum Gasteiger partial charge on any atom is 0.326 e. The average molecular weight is 618 g/mol. The largest absolute Gasteiger partial charge is 0.508 e. The first kappa shape index (κ1) is 32.1. The monoisotopic (exact) mass is 617 g/mol. The van der Waals surface area contributed by atoms with Gasteiger partial charge in [-0.25, -0.2) is 4.79 Å². The molecule has 1 heterocycles. The number of aromatic nitrogens is 1. The summed E-state index contributed by atoms with van der Waals surface area (Å²) >= 11 is 4.09. The summed E-state index contributed by atoms with van der Waals surface area (Å²) in [6.45, 7) is 0. The number of phenols is 1. The van der Waals surface area contributed by atoms with Gasteiger partial charge in [-0.2, -0.15) is 12.6 Å². The maximum absolute atomic E-state index is 13.8. The highest BCUT2D eigenvalue weighted by Crippen LogP contribution is 2.20. The number of rotatable bonds is 14. The van der Waals surface area contributed by atoms with E-state index in [0.29, 0.717) is 11.1 Å². The minimum Gasteiger partial charge on any atom is -0.508 e. The molecule has 3 amide bonds. The average Bonchev–Trinajstić information content (AvgIpc) is 3.43. The fraction of sp³-hybridized carbons (Fsp3) is 0.250. The van der Waals surface area contributed by atoms with E-state index in [9.17, 15) is 29.4 Å². The number of aliphatic carboxylic acids is 1. The van der Waals surface area contributed by atoms with Crippen molar-refractivity contribution < 1.29 is 29.4 Å². The fourth-order valence-corrected chi connectivity index (χ4v) is 4.93. The Morgan fingerprint density at radius 3 is 1.93 bits per heavy atom. The minimum absolute atomic E-state index is 0.0144. The number of carboxylic acid groups (broad SMARTS) is 1. The van der Waals surface area contributed by atoms with Gasteiger partial charge in [0, 0.05) is 42.1 Å². The zero-order valence-electron chi connectivity index (χ0n) is 23.8. The van der Waals surface area contributed by atoms with Gasteiger partial charge < -0.3 is 36.9 Å². The molecule has 3 aromatic carbocycles. The predicted molar refractivity (Wildman–Crippen MR) is 169 cm³/mol. The zero-order chi connectivity index (χ0) is 31.6. The van der Waals surface area contributed by atoms with Gasteiger partial charge in [0.2, 0.25) is 17.7 Å². The molecule has 0 fully saturated rings. The molecule has 0 saturated heterocycles. The van der Waals surface area contributed by atoms with Crippen molar-refractivity contribution >= 4 is 47.2 Å². The van der Waals surface area contributed by atoms with Gasteiger partial charge in [0.25, 0.3) is 0 Å². The summed E-state index contributed by atoms with van der Waals surface area (Å²) in [5, 5.41) is 28.4. The summed E-state index contributed by atoms with van der Waals surface area (Å²) < 4.78 is 0. The van der Waals surface area contributed by atoms with Crippen LogP contribution in [-0.4, -0.2) is 68.8 Å². The van der Waals surface area contributed by atoms with Crippen LogP contribution >= 0.6 is 12.6 Å². The van der Waals surface area contributed by atoms with E-state index in [1.165, 1.54) is 12.1 Å². The highest BCUT2D eigenvalue weighted by atomic mass is 32.1. The Morgan fingerprint density at radius 2 is 1.27 bits per heavy atom. The topological polar surface area (TPSA) is 187 Å². The van der Waals surface area contributed by atoms with E-state index in [4.69, 9.17) is 5.73 Å². The van der Waals surface area contributed by atoms with Gasteiger partial charge in [0.1, 0.15) is 23.9 Å². The Kier molecular flexibility index (Phi) is 11.0. The highest BCUT2D eigenvalue weighted by Gasteiger charge is 2.31. The normalized spacial score (nSPS) is 13.8. The minimum atomic E-state index is -1.26. The molecule has 4 aromatic rings. The predicted octanol–water partition coefficient (Wildman–Crippen LogP) is 1.70. The number of nitrogens with one attached hydrogen (secondary N) is 4. The number of aromatic amines is 1. The number of carbonyl (C=O) groups is 4. The van der Waals surface area contributed by atoms with Crippen LogP contribution in [0.15, 0.2) is 85.1 Å². The molecule has 0 bridgehead atoms. The molecular formula is C32H35N5O6S. The molecule has 1 aromatic heterocycles. The fourth-order valence-electron chi connectivity index (χ4n) is 4.76. The number of carbonyl (C=O) groups excluding carboxylic acids is 3. The number of amides is 3. The third-order valence-electron chi connectivity index (χ3n) is 7.17. The number of thiol groups is 1. The molecule has 4 rings (SSSR count). The van der Waals surface area contributed by atoms with Crippen LogP contribution in [0.2, 0.25) is 0 Å². The van der Waals surface area contributed by atoms with Crippen LogP contribution in [0.25, 0.3) is 10.9 Å². The number of H-pyrrole nitrogens is 1. The van der Waals surface area contributed by atoms with E-state index in [-0.39, 0.29) is 30.8 Å². The molecular weight excluding hydrogens is 582 g/mol. The lowest BCUT2D eigenvalue weighted by Gasteiger charge is -2.25. The Bertz CT molecular complexity index is 1590. The second-order valence-corrected chi connectivity index (χ2v) is 10.8. The van der Waals surface area contributed by atoms with Crippen molar-refractivity contribution in [2.75, 3.05) is 5.75 Å². The molecule has 44 heavy (non-hydrogen) atoms. The van der Waals surface area contributed by atoms with Crippen LogP contribution in [0.5, 0.6) is 5.75 Å². The summed E-state index contributed by atoms with van der Waals surface area (Å²) in [7, 11) is 0. The van der Waals surface area contributed by atoms with Crippen LogP contribution in [0, 0.1) is 0 Å². The van der Waals surface area contributed by atoms with Crippen molar-refractivity contribution in [2.45, 2.75) is 43.4 Å². The van der Waals surface area contributed by atoms with E-state index in [2.05, 4.69) is 33.6 Å². The molecule has 0 saturated carbocycles. The first-order valence-electron chi connectivity index (χ1n) is 14.0.